The summed E-state index contributed by atoms with van der Waals surface area (Å²) in [6.45, 7) is 2.55. The third-order valence-corrected chi connectivity index (χ3v) is 6.12. The molecule has 2 aliphatic carbocycles. The highest BCUT2D eigenvalue weighted by molar-refractivity contribution is 6.30. The molecule has 5 nitrogen and oxygen atoms in total. The van der Waals surface area contributed by atoms with Crippen LogP contribution in [0.5, 0.6) is 0 Å². The van der Waals surface area contributed by atoms with Crippen molar-refractivity contribution in [3.8, 4) is 0 Å². The molecule has 1 aromatic heterocycles. The highest BCUT2D eigenvalue weighted by Crippen LogP contribution is 2.51. The van der Waals surface area contributed by atoms with Gasteiger partial charge in [0, 0.05) is 31.6 Å². The van der Waals surface area contributed by atoms with Crippen molar-refractivity contribution in [3.05, 3.63) is 29.1 Å². The quantitative estimate of drug-likeness (QED) is 0.850. The van der Waals surface area contributed by atoms with Gasteiger partial charge >= 0.3 is 0 Å². The maximum Gasteiger partial charge on any atom is 0.246 e. The summed E-state index contributed by atoms with van der Waals surface area (Å²) in [7, 11) is 0. The van der Waals surface area contributed by atoms with Gasteiger partial charge in [-0.15, -0.1) is 0 Å². The Morgan fingerprint density at radius 3 is 2.67 bits per heavy atom. The molecule has 1 N–H and O–H groups in total. The van der Waals surface area contributed by atoms with Crippen LogP contribution in [0.4, 0.5) is 5.95 Å². The van der Waals surface area contributed by atoms with E-state index < -0.39 is 0 Å². The zero-order valence-electron chi connectivity index (χ0n) is 13.8. The maximum atomic E-state index is 12.5. The fraction of sp³-hybridized carbons (Fsp3) is 0.611. The van der Waals surface area contributed by atoms with E-state index in [0.29, 0.717) is 22.3 Å². The van der Waals surface area contributed by atoms with Gasteiger partial charge < -0.3 is 10.2 Å². The Morgan fingerprint density at radius 1 is 1.33 bits per heavy atom. The molecule has 24 heavy (non-hydrogen) atoms. The lowest BCUT2D eigenvalue weighted by Crippen LogP contribution is -2.40. The summed E-state index contributed by atoms with van der Waals surface area (Å²) in [6.07, 6.45) is 12.2. The van der Waals surface area contributed by atoms with Gasteiger partial charge in [-0.3, -0.25) is 4.79 Å². The van der Waals surface area contributed by atoms with Gasteiger partial charge in [-0.2, -0.15) is 0 Å². The first-order chi connectivity index (χ1) is 11.6. The molecule has 1 spiro atoms. The third kappa shape index (κ3) is 3.02. The van der Waals surface area contributed by atoms with Crippen LogP contribution < -0.4 is 5.32 Å². The molecule has 3 fully saturated rings. The van der Waals surface area contributed by atoms with Crippen molar-refractivity contribution in [1.82, 2.24) is 14.9 Å². The Balaban J connectivity index is 1.40. The van der Waals surface area contributed by atoms with Crippen molar-refractivity contribution in [1.29, 1.82) is 0 Å². The van der Waals surface area contributed by atoms with Crippen LogP contribution in [0.15, 0.2) is 24.0 Å². The van der Waals surface area contributed by atoms with Crippen LogP contribution in [0.1, 0.15) is 38.5 Å². The van der Waals surface area contributed by atoms with Crippen molar-refractivity contribution < 1.29 is 4.79 Å². The molecule has 128 valence electrons. The van der Waals surface area contributed by atoms with Crippen LogP contribution in [0.2, 0.25) is 5.02 Å². The lowest BCUT2D eigenvalue weighted by Gasteiger charge is -2.42. The molecule has 4 rings (SSSR count). The largest absolute Gasteiger partial charge is 0.354 e. The van der Waals surface area contributed by atoms with E-state index in [9.17, 15) is 4.79 Å². The van der Waals surface area contributed by atoms with E-state index in [4.69, 9.17) is 11.6 Å². The SMILES string of the molecule is O=C(C=C1CCC1)N1CC(CNc2ncc(Cl)cn2)C2(CCC2)C1. The van der Waals surface area contributed by atoms with Gasteiger partial charge in [-0.05, 0) is 37.5 Å². The van der Waals surface area contributed by atoms with E-state index in [2.05, 4.69) is 20.2 Å². The Morgan fingerprint density at radius 2 is 2.08 bits per heavy atom. The van der Waals surface area contributed by atoms with Crippen molar-refractivity contribution in [3.63, 3.8) is 0 Å². The van der Waals surface area contributed by atoms with Gasteiger partial charge in [0.05, 0.1) is 17.4 Å². The topological polar surface area (TPSA) is 58.1 Å². The second-order valence-corrected chi connectivity index (χ2v) is 7.83. The summed E-state index contributed by atoms with van der Waals surface area (Å²) in [4.78, 5) is 23.0. The predicted molar refractivity (Wildman–Crippen MR) is 93.8 cm³/mol. The summed E-state index contributed by atoms with van der Waals surface area (Å²) in [5.41, 5.74) is 1.62. The fourth-order valence-electron chi connectivity index (χ4n) is 4.09. The molecule has 1 aliphatic heterocycles. The molecule has 0 aromatic carbocycles. The van der Waals surface area contributed by atoms with Crippen molar-refractivity contribution >= 4 is 23.5 Å². The van der Waals surface area contributed by atoms with Gasteiger partial charge in [0.25, 0.3) is 0 Å². The molecule has 6 heteroatoms. The third-order valence-electron chi connectivity index (χ3n) is 5.92. The van der Waals surface area contributed by atoms with E-state index in [1.807, 2.05) is 6.08 Å². The lowest BCUT2D eigenvalue weighted by molar-refractivity contribution is -0.125. The second-order valence-electron chi connectivity index (χ2n) is 7.39. The highest BCUT2D eigenvalue weighted by Gasteiger charge is 2.50. The van der Waals surface area contributed by atoms with Crippen LogP contribution >= 0.6 is 11.6 Å². The average Bonchev–Trinajstić information content (AvgIpc) is 2.90. The molecule has 1 atom stereocenters. The molecule has 2 saturated carbocycles. The molecule has 1 unspecified atom stereocenters. The van der Waals surface area contributed by atoms with Gasteiger partial charge in [0.15, 0.2) is 0 Å². The maximum absolute atomic E-state index is 12.5. The number of allylic oxidation sites excluding steroid dienone is 1. The predicted octanol–water partition coefficient (Wildman–Crippen LogP) is 3.28. The van der Waals surface area contributed by atoms with Gasteiger partial charge in [0.1, 0.15) is 0 Å². The van der Waals surface area contributed by atoms with Gasteiger partial charge in [-0.1, -0.05) is 23.6 Å². The highest BCUT2D eigenvalue weighted by atomic mass is 35.5. The zero-order valence-corrected chi connectivity index (χ0v) is 14.6. The number of nitrogens with zero attached hydrogens (tertiary/aromatic N) is 3. The molecule has 3 aliphatic rings. The molecule has 1 amide bonds. The standard InChI is InChI=1S/C18H23ClN4O/c19-15-9-21-17(22-10-15)20-8-14-11-23(12-18(14)5-2-6-18)16(24)7-13-3-1-4-13/h7,9-10,14H,1-6,8,11-12H2,(H,20,21,22). The monoisotopic (exact) mass is 346 g/mol. The number of nitrogens with one attached hydrogen (secondary N) is 1. The number of amides is 1. The molecular weight excluding hydrogens is 324 g/mol. The molecule has 1 aromatic rings. The van der Waals surface area contributed by atoms with Gasteiger partial charge in [-0.25, -0.2) is 9.97 Å². The van der Waals surface area contributed by atoms with E-state index in [-0.39, 0.29) is 5.91 Å². The number of halogens is 1. The zero-order chi connectivity index (χ0) is 16.6. The van der Waals surface area contributed by atoms with Crippen LogP contribution in [0, 0.1) is 11.3 Å². The first-order valence-corrected chi connectivity index (χ1v) is 9.22. The average molecular weight is 347 g/mol. The van der Waals surface area contributed by atoms with Crippen LogP contribution in [-0.2, 0) is 4.79 Å². The minimum Gasteiger partial charge on any atom is -0.354 e. The fourth-order valence-corrected chi connectivity index (χ4v) is 4.19. The number of aromatic nitrogens is 2. The minimum absolute atomic E-state index is 0.209. The number of carbonyl (C=O) groups is 1. The molecule has 0 bridgehead atoms. The number of hydrogen-bond acceptors (Lipinski definition) is 4. The molecular formula is C18H23ClN4O. The number of anilines is 1. The Hall–Kier alpha value is -1.62. The van der Waals surface area contributed by atoms with E-state index in [1.165, 1.54) is 31.3 Å². The Labute approximate surface area is 147 Å². The number of carbonyl (C=O) groups excluding carboxylic acids is 1. The molecule has 1 saturated heterocycles. The van der Waals surface area contributed by atoms with Crippen LogP contribution in [-0.4, -0.2) is 40.4 Å². The molecule has 2 heterocycles. The Kier molecular flexibility index (Phi) is 4.21. The smallest absolute Gasteiger partial charge is 0.246 e. The summed E-state index contributed by atoms with van der Waals surface area (Å²) in [5, 5.41) is 3.87. The van der Waals surface area contributed by atoms with Crippen LogP contribution in [0.3, 0.4) is 0 Å². The van der Waals surface area contributed by atoms with Crippen molar-refractivity contribution in [2.45, 2.75) is 38.5 Å². The first kappa shape index (κ1) is 15.9. The van der Waals surface area contributed by atoms with Crippen LogP contribution in [0.25, 0.3) is 0 Å². The number of rotatable bonds is 4. The number of hydrogen-bond donors (Lipinski definition) is 1. The van der Waals surface area contributed by atoms with Gasteiger partial charge in [0.2, 0.25) is 11.9 Å². The summed E-state index contributed by atoms with van der Waals surface area (Å²) >= 11 is 5.83. The summed E-state index contributed by atoms with van der Waals surface area (Å²) in [5.74, 6) is 1.28. The second kappa shape index (κ2) is 6.36. The first-order valence-electron chi connectivity index (χ1n) is 8.84. The lowest BCUT2D eigenvalue weighted by atomic mass is 9.63. The minimum atomic E-state index is 0.209. The van der Waals surface area contributed by atoms with Crippen molar-refractivity contribution in [2.24, 2.45) is 11.3 Å². The molecule has 0 radical (unpaired) electrons. The number of likely N-dealkylation sites (tertiary alicyclic amines) is 1. The normalized spacial score (nSPS) is 24.5. The van der Waals surface area contributed by atoms with Crippen molar-refractivity contribution in [2.75, 3.05) is 25.0 Å². The Bertz CT molecular complexity index is 647. The van der Waals surface area contributed by atoms with E-state index in [1.54, 1.807) is 12.4 Å². The summed E-state index contributed by atoms with van der Waals surface area (Å²) in [6, 6.07) is 0. The van der Waals surface area contributed by atoms with E-state index >= 15 is 0 Å². The summed E-state index contributed by atoms with van der Waals surface area (Å²) < 4.78 is 0. The van der Waals surface area contributed by atoms with E-state index in [0.717, 1.165) is 32.5 Å².